The summed E-state index contributed by atoms with van der Waals surface area (Å²) in [6.07, 6.45) is -1.45. The zero-order chi connectivity index (χ0) is 15.4. The highest BCUT2D eigenvalue weighted by Gasteiger charge is 2.17. The number of oxazole rings is 1. The number of ether oxygens (including phenoxy) is 1. The summed E-state index contributed by atoms with van der Waals surface area (Å²) in [6.45, 7) is -0.570. The SMILES string of the molecule is COC(=O)C(O)CNC(=O)Cn1c(=O)oc2ccccc21. The Kier molecular flexibility index (Phi) is 4.39. The van der Waals surface area contributed by atoms with Crippen molar-refractivity contribution in [3.8, 4) is 0 Å². The second-order valence-electron chi connectivity index (χ2n) is 4.26. The number of aliphatic hydroxyl groups excluding tert-OH is 1. The molecule has 1 heterocycles. The molecule has 0 bridgehead atoms. The van der Waals surface area contributed by atoms with Gasteiger partial charge in [0.05, 0.1) is 19.2 Å². The van der Waals surface area contributed by atoms with E-state index in [0.717, 1.165) is 11.7 Å². The van der Waals surface area contributed by atoms with Crippen molar-refractivity contribution in [2.45, 2.75) is 12.6 Å². The van der Waals surface area contributed by atoms with Gasteiger partial charge in [-0.15, -0.1) is 0 Å². The molecule has 2 aromatic rings. The molecule has 2 N–H and O–H groups in total. The van der Waals surface area contributed by atoms with E-state index >= 15 is 0 Å². The zero-order valence-corrected chi connectivity index (χ0v) is 11.2. The number of fused-ring (bicyclic) bond motifs is 1. The monoisotopic (exact) mass is 294 g/mol. The predicted molar refractivity (Wildman–Crippen MR) is 71.5 cm³/mol. The quantitative estimate of drug-likeness (QED) is 0.702. The van der Waals surface area contributed by atoms with Crippen LogP contribution in [-0.2, 0) is 20.9 Å². The van der Waals surface area contributed by atoms with E-state index in [1.807, 2.05) is 0 Å². The number of nitrogens with one attached hydrogen (secondary N) is 1. The molecule has 1 amide bonds. The number of para-hydroxylation sites is 2. The molecular formula is C13H14N2O6. The van der Waals surface area contributed by atoms with Crippen molar-refractivity contribution in [2.75, 3.05) is 13.7 Å². The minimum atomic E-state index is -1.45. The van der Waals surface area contributed by atoms with E-state index in [2.05, 4.69) is 10.1 Å². The van der Waals surface area contributed by atoms with E-state index in [0.29, 0.717) is 11.1 Å². The fourth-order valence-electron chi connectivity index (χ4n) is 1.79. The minimum absolute atomic E-state index is 0.274. The van der Waals surface area contributed by atoms with Crippen molar-refractivity contribution in [3.63, 3.8) is 0 Å². The number of aliphatic hydroxyl groups is 1. The third-order valence-corrected chi connectivity index (χ3v) is 2.84. The van der Waals surface area contributed by atoms with Crippen LogP contribution in [0.4, 0.5) is 0 Å². The number of aromatic nitrogens is 1. The molecule has 1 aromatic heterocycles. The van der Waals surface area contributed by atoms with E-state index < -0.39 is 23.7 Å². The number of amides is 1. The first-order valence-corrected chi connectivity index (χ1v) is 6.14. The van der Waals surface area contributed by atoms with Crippen molar-refractivity contribution < 1.29 is 23.8 Å². The fourth-order valence-corrected chi connectivity index (χ4v) is 1.79. The Hall–Kier alpha value is -2.61. The summed E-state index contributed by atoms with van der Waals surface area (Å²) in [4.78, 5) is 34.4. The summed E-state index contributed by atoms with van der Waals surface area (Å²) in [5.41, 5.74) is 0.871. The van der Waals surface area contributed by atoms with Crippen LogP contribution in [0.15, 0.2) is 33.5 Å². The largest absolute Gasteiger partial charge is 0.467 e. The Balaban J connectivity index is 2.04. The van der Waals surface area contributed by atoms with Gasteiger partial charge in [0, 0.05) is 0 Å². The fraction of sp³-hybridized carbons (Fsp3) is 0.308. The van der Waals surface area contributed by atoms with E-state index in [-0.39, 0.29) is 13.1 Å². The summed E-state index contributed by atoms with van der Waals surface area (Å²) in [7, 11) is 1.13. The lowest BCUT2D eigenvalue weighted by Crippen LogP contribution is -2.39. The second-order valence-corrected chi connectivity index (χ2v) is 4.26. The zero-order valence-electron chi connectivity index (χ0n) is 11.2. The molecule has 21 heavy (non-hydrogen) atoms. The summed E-state index contributed by atoms with van der Waals surface area (Å²) >= 11 is 0. The molecule has 8 heteroatoms. The topological polar surface area (TPSA) is 111 Å². The second kappa shape index (κ2) is 6.23. The number of hydrogen-bond donors (Lipinski definition) is 2. The average Bonchev–Trinajstić information content (AvgIpc) is 2.80. The third-order valence-electron chi connectivity index (χ3n) is 2.84. The number of hydrogen-bond acceptors (Lipinski definition) is 6. The van der Waals surface area contributed by atoms with E-state index in [9.17, 15) is 19.5 Å². The van der Waals surface area contributed by atoms with Crippen LogP contribution in [0.25, 0.3) is 11.1 Å². The van der Waals surface area contributed by atoms with Gasteiger partial charge in [0.2, 0.25) is 5.91 Å². The van der Waals surface area contributed by atoms with Crippen molar-refractivity contribution in [2.24, 2.45) is 0 Å². The lowest BCUT2D eigenvalue weighted by molar-refractivity contribution is -0.150. The summed E-state index contributed by atoms with van der Waals surface area (Å²) in [5.74, 6) is -2.03. The lowest BCUT2D eigenvalue weighted by Gasteiger charge is -2.09. The normalized spacial score (nSPS) is 12.1. The van der Waals surface area contributed by atoms with Crippen molar-refractivity contribution in [1.29, 1.82) is 0 Å². The molecule has 112 valence electrons. The van der Waals surface area contributed by atoms with Crippen LogP contribution in [-0.4, -0.2) is 41.3 Å². The van der Waals surface area contributed by atoms with Crippen LogP contribution in [0.1, 0.15) is 0 Å². The van der Waals surface area contributed by atoms with Gasteiger partial charge in [-0.3, -0.25) is 9.36 Å². The first-order chi connectivity index (χ1) is 10.0. The molecule has 2 rings (SSSR count). The van der Waals surface area contributed by atoms with E-state index in [1.165, 1.54) is 0 Å². The van der Waals surface area contributed by atoms with Gasteiger partial charge in [-0.25, -0.2) is 9.59 Å². The van der Waals surface area contributed by atoms with Gasteiger partial charge in [-0.1, -0.05) is 12.1 Å². The highest BCUT2D eigenvalue weighted by atomic mass is 16.5. The first kappa shape index (κ1) is 14.8. The molecule has 0 fully saturated rings. The molecule has 0 aliphatic heterocycles. The maximum Gasteiger partial charge on any atom is 0.420 e. The Labute approximate surface area is 118 Å². The predicted octanol–water partition coefficient (Wildman–Crippen LogP) is -0.755. The van der Waals surface area contributed by atoms with Gasteiger partial charge >= 0.3 is 11.7 Å². The number of rotatable bonds is 5. The van der Waals surface area contributed by atoms with Gasteiger partial charge < -0.3 is 19.6 Å². The molecule has 1 unspecified atom stereocenters. The van der Waals surface area contributed by atoms with Crippen LogP contribution in [0, 0.1) is 0 Å². The number of methoxy groups -OCH3 is 1. The molecule has 0 saturated heterocycles. The maximum absolute atomic E-state index is 11.7. The summed E-state index contributed by atoms with van der Waals surface area (Å²) < 4.78 is 10.5. The highest BCUT2D eigenvalue weighted by molar-refractivity contribution is 5.80. The molecular weight excluding hydrogens is 280 g/mol. The van der Waals surface area contributed by atoms with Gasteiger partial charge in [-0.05, 0) is 12.1 Å². The molecule has 1 atom stereocenters. The number of carbonyl (C=O) groups excluding carboxylic acids is 2. The van der Waals surface area contributed by atoms with Crippen LogP contribution < -0.4 is 11.1 Å². The van der Waals surface area contributed by atoms with Crippen molar-refractivity contribution in [3.05, 3.63) is 34.8 Å². The van der Waals surface area contributed by atoms with Gasteiger partial charge in [0.15, 0.2) is 11.7 Å². The molecule has 0 radical (unpaired) electrons. The van der Waals surface area contributed by atoms with Crippen LogP contribution in [0.2, 0.25) is 0 Å². The lowest BCUT2D eigenvalue weighted by atomic mass is 10.3. The molecule has 0 aliphatic carbocycles. The Bertz CT molecular complexity index is 717. The van der Waals surface area contributed by atoms with Crippen molar-refractivity contribution >= 4 is 23.0 Å². The maximum atomic E-state index is 11.7. The standard InChI is InChI=1S/C13H14N2O6/c1-20-12(18)9(16)6-14-11(17)7-15-8-4-2-3-5-10(8)21-13(15)19/h2-5,9,16H,6-7H2,1H3,(H,14,17). The minimum Gasteiger partial charge on any atom is -0.467 e. The molecule has 8 nitrogen and oxygen atoms in total. The Morgan fingerprint density at radius 2 is 2.14 bits per heavy atom. The van der Waals surface area contributed by atoms with Crippen molar-refractivity contribution in [1.82, 2.24) is 9.88 Å². The molecule has 0 aliphatic rings. The number of nitrogens with zero attached hydrogens (tertiary/aromatic N) is 1. The molecule has 1 aromatic carbocycles. The van der Waals surface area contributed by atoms with E-state index in [1.54, 1.807) is 24.3 Å². The number of esters is 1. The smallest absolute Gasteiger partial charge is 0.420 e. The number of carbonyl (C=O) groups is 2. The van der Waals surface area contributed by atoms with Gasteiger partial charge in [0.25, 0.3) is 0 Å². The number of benzene rings is 1. The molecule has 0 spiro atoms. The average molecular weight is 294 g/mol. The van der Waals surface area contributed by atoms with Gasteiger partial charge in [-0.2, -0.15) is 0 Å². The highest BCUT2D eigenvalue weighted by Crippen LogP contribution is 2.11. The Morgan fingerprint density at radius 1 is 1.43 bits per heavy atom. The van der Waals surface area contributed by atoms with E-state index in [4.69, 9.17) is 4.42 Å². The first-order valence-electron chi connectivity index (χ1n) is 6.14. The summed E-state index contributed by atoms with van der Waals surface area (Å²) in [6, 6.07) is 6.69. The van der Waals surface area contributed by atoms with Crippen LogP contribution in [0.5, 0.6) is 0 Å². The van der Waals surface area contributed by atoms with Crippen LogP contribution >= 0.6 is 0 Å². The Morgan fingerprint density at radius 3 is 2.86 bits per heavy atom. The van der Waals surface area contributed by atoms with Gasteiger partial charge in [0.1, 0.15) is 6.54 Å². The third kappa shape index (κ3) is 3.29. The molecule has 0 saturated carbocycles. The summed E-state index contributed by atoms with van der Waals surface area (Å²) in [5, 5.41) is 11.7. The van der Waals surface area contributed by atoms with Crippen LogP contribution in [0.3, 0.4) is 0 Å².